The maximum atomic E-state index is 13.6. The van der Waals surface area contributed by atoms with E-state index in [0.29, 0.717) is 11.4 Å². The molecule has 10 heteroatoms. The van der Waals surface area contributed by atoms with E-state index in [4.69, 9.17) is 11.6 Å². The van der Waals surface area contributed by atoms with E-state index in [1.807, 2.05) is 5.43 Å². The van der Waals surface area contributed by atoms with Crippen molar-refractivity contribution in [3.8, 4) is 5.69 Å². The van der Waals surface area contributed by atoms with Crippen LogP contribution in [0.5, 0.6) is 0 Å². The Morgan fingerprint density at radius 3 is 2.22 bits per heavy atom. The number of anilines is 1. The van der Waals surface area contributed by atoms with Gasteiger partial charge in [-0.2, -0.15) is 10.2 Å². The lowest BCUT2D eigenvalue weighted by molar-refractivity contribution is 0.458. The maximum absolute atomic E-state index is 13.6. The van der Waals surface area contributed by atoms with Crippen LogP contribution in [0.1, 0.15) is 11.3 Å². The second-order valence-corrected chi connectivity index (χ2v) is 5.75. The molecule has 1 N–H and O–H groups in total. The first-order chi connectivity index (χ1) is 12.8. The van der Waals surface area contributed by atoms with E-state index in [1.54, 1.807) is 6.92 Å². The molecule has 0 bridgehead atoms. The zero-order valence-corrected chi connectivity index (χ0v) is 14.3. The molecule has 0 unspecified atom stereocenters. The minimum absolute atomic E-state index is 0.0906. The number of benzene rings is 2. The van der Waals surface area contributed by atoms with Crippen molar-refractivity contribution in [2.45, 2.75) is 6.92 Å². The molecule has 0 saturated carbocycles. The van der Waals surface area contributed by atoms with Gasteiger partial charge in [-0.05, 0) is 31.2 Å². The molecule has 1 aromatic heterocycles. The second-order valence-electron chi connectivity index (χ2n) is 5.39. The largest absolute Gasteiger partial charge is 0.272 e. The van der Waals surface area contributed by atoms with Gasteiger partial charge in [0.15, 0.2) is 23.3 Å². The summed E-state index contributed by atoms with van der Waals surface area (Å²) in [4.78, 5) is 0. The lowest BCUT2D eigenvalue weighted by Gasteiger charge is -2.05. The molecule has 0 aliphatic heterocycles. The van der Waals surface area contributed by atoms with Gasteiger partial charge in [0.2, 0.25) is 0 Å². The van der Waals surface area contributed by atoms with Gasteiger partial charge in [0.25, 0.3) is 0 Å². The molecule has 140 valence electrons. The normalized spacial score (nSPS) is 11.4. The first-order valence-electron chi connectivity index (χ1n) is 7.42. The summed E-state index contributed by atoms with van der Waals surface area (Å²) in [5, 5.41) is 7.84. The third-order valence-electron chi connectivity index (χ3n) is 3.60. The third-order valence-corrected chi connectivity index (χ3v) is 3.96. The van der Waals surface area contributed by atoms with Crippen molar-refractivity contribution in [3.63, 3.8) is 0 Å². The average Bonchev–Trinajstić information content (AvgIpc) is 2.91. The molecule has 0 radical (unpaired) electrons. The molecular weight excluding hydrogens is 391 g/mol. The van der Waals surface area contributed by atoms with Gasteiger partial charge in [-0.25, -0.2) is 26.6 Å². The molecule has 0 aliphatic rings. The number of hydrazone groups is 1. The van der Waals surface area contributed by atoms with Crippen molar-refractivity contribution in [1.82, 2.24) is 9.78 Å². The minimum Gasteiger partial charge on any atom is -0.272 e. The summed E-state index contributed by atoms with van der Waals surface area (Å²) in [6, 6.07) is 5.44. The van der Waals surface area contributed by atoms with E-state index in [2.05, 4.69) is 10.2 Å². The first kappa shape index (κ1) is 18.8. The van der Waals surface area contributed by atoms with Gasteiger partial charge in [-0.3, -0.25) is 5.43 Å². The van der Waals surface area contributed by atoms with E-state index in [-0.39, 0.29) is 16.8 Å². The van der Waals surface area contributed by atoms with Gasteiger partial charge < -0.3 is 0 Å². The second kappa shape index (κ2) is 7.36. The highest BCUT2D eigenvalue weighted by molar-refractivity contribution is 6.32. The summed E-state index contributed by atoms with van der Waals surface area (Å²) in [6.07, 6.45) is 1.09. The Balaban J connectivity index is 1.90. The van der Waals surface area contributed by atoms with Crippen LogP contribution in [0.4, 0.5) is 27.6 Å². The number of aryl methyl sites for hydroxylation is 1. The van der Waals surface area contributed by atoms with Crippen LogP contribution in [-0.4, -0.2) is 16.0 Å². The van der Waals surface area contributed by atoms with Gasteiger partial charge in [-0.15, -0.1) is 0 Å². The minimum atomic E-state index is -1.61. The molecule has 3 aromatic rings. The average molecular weight is 401 g/mol. The smallest absolute Gasteiger partial charge is 0.186 e. The number of nitrogens with zero attached hydrogens (tertiary/aromatic N) is 3. The fourth-order valence-corrected chi connectivity index (χ4v) is 2.56. The topological polar surface area (TPSA) is 42.2 Å². The van der Waals surface area contributed by atoms with Crippen LogP contribution in [0.15, 0.2) is 35.4 Å². The summed E-state index contributed by atoms with van der Waals surface area (Å²) >= 11 is 6.22. The Labute approximate surface area is 154 Å². The van der Waals surface area contributed by atoms with Crippen LogP contribution < -0.4 is 5.43 Å². The number of halogens is 6. The number of aromatic nitrogens is 2. The summed E-state index contributed by atoms with van der Waals surface area (Å²) in [5.41, 5.74) is 2.00. The zero-order valence-electron chi connectivity index (χ0n) is 13.6. The monoisotopic (exact) mass is 400 g/mol. The Kier molecular flexibility index (Phi) is 5.13. The molecule has 0 atom stereocenters. The standard InChI is InChI=1S/C17H10ClF5N4/c1-8-11(17(18)27(26-8)10-4-2-9(19)3-5-10)7-24-25-16-14(22)12(20)6-13(21)15(16)23/h2-7,25H,1H3/b24-7+. The summed E-state index contributed by atoms with van der Waals surface area (Å²) in [6.45, 7) is 1.59. The zero-order chi connectivity index (χ0) is 19.7. The molecule has 3 rings (SSSR count). The molecule has 27 heavy (non-hydrogen) atoms. The van der Waals surface area contributed by atoms with E-state index >= 15 is 0 Å². The maximum Gasteiger partial charge on any atom is 0.186 e. The highest BCUT2D eigenvalue weighted by Crippen LogP contribution is 2.25. The summed E-state index contributed by atoms with van der Waals surface area (Å²) in [5.74, 6) is -6.79. The Hall–Kier alpha value is -2.94. The Morgan fingerprint density at radius 2 is 1.63 bits per heavy atom. The van der Waals surface area contributed by atoms with Crippen LogP contribution in [0.2, 0.25) is 5.15 Å². The van der Waals surface area contributed by atoms with E-state index in [0.717, 1.165) is 6.21 Å². The predicted octanol–water partition coefficient (Wildman–Crippen LogP) is 4.98. The van der Waals surface area contributed by atoms with Crippen LogP contribution in [-0.2, 0) is 0 Å². The number of hydrogen-bond acceptors (Lipinski definition) is 3. The lowest BCUT2D eigenvalue weighted by atomic mass is 10.2. The Bertz CT molecular complexity index is 1000. The number of rotatable bonds is 4. The van der Waals surface area contributed by atoms with Crippen molar-refractivity contribution in [2.24, 2.45) is 5.10 Å². The predicted molar refractivity (Wildman–Crippen MR) is 90.8 cm³/mol. The third kappa shape index (κ3) is 3.63. The van der Waals surface area contributed by atoms with Crippen molar-refractivity contribution in [1.29, 1.82) is 0 Å². The van der Waals surface area contributed by atoms with Crippen LogP contribution in [0.25, 0.3) is 5.69 Å². The highest BCUT2D eigenvalue weighted by atomic mass is 35.5. The SMILES string of the molecule is Cc1nn(-c2ccc(F)cc2)c(Cl)c1/C=N/Nc1c(F)c(F)cc(F)c1F. The fourth-order valence-electron chi connectivity index (χ4n) is 2.24. The molecule has 0 amide bonds. The van der Waals surface area contributed by atoms with Crippen LogP contribution in [0.3, 0.4) is 0 Å². The van der Waals surface area contributed by atoms with Gasteiger partial charge in [0, 0.05) is 6.07 Å². The summed E-state index contributed by atoms with van der Waals surface area (Å²) in [7, 11) is 0. The molecule has 0 saturated heterocycles. The molecule has 0 spiro atoms. The molecular formula is C17H10ClF5N4. The van der Waals surface area contributed by atoms with E-state index in [1.165, 1.54) is 28.9 Å². The van der Waals surface area contributed by atoms with Crippen molar-refractivity contribution in [2.75, 3.05) is 5.43 Å². The van der Waals surface area contributed by atoms with Crippen molar-refractivity contribution in [3.05, 3.63) is 75.8 Å². The number of nitrogens with one attached hydrogen (secondary N) is 1. The van der Waals surface area contributed by atoms with Gasteiger partial charge in [0.1, 0.15) is 16.7 Å². The van der Waals surface area contributed by atoms with Crippen LogP contribution in [0, 0.1) is 36.0 Å². The van der Waals surface area contributed by atoms with Crippen molar-refractivity contribution < 1.29 is 22.0 Å². The van der Waals surface area contributed by atoms with Gasteiger partial charge >= 0.3 is 0 Å². The molecule has 2 aromatic carbocycles. The first-order valence-corrected chi connectivity index (χ1v) is 7.80. The van der Waals surface area contributed by atoms with Gasteiger partial charge in [0.05, 0.1) is 23.2 Å². The van der Waals surface area contributed by atoms with Crippen molar-refractivity contribution >= 4 is 23.5 Å². The summed E-state index contributed by atoms with van der Waals surface area (Å²) < 4.78 is 67.9. The Morgan fingerprint density at radius 1 is 1.04 bits per heavy atom. The van der Waals surface area contributed by atoms with E-state index in [9.17, 15) is 22.0 Å². The molecule has 1 heterocycles. The molecule has 4 nitrogen and oxygen atoms in total. The molecule has 0 aliphatic carbocycles. The quantitative estimate of drug-likeness (QED) is 0.290. The number of hydrogen-bond donors (Lipinski definition) is 1. The van der Waals surface area contributed by atoms with E-state index < -0.39 is 34.8 Å². The lowest BCUT2D eigenvalue weighted by Crippen LogP contribution is -2.03. The highest BCUT2D eigenvalue weighted by Gasteiger charge is 2.19. The van der Waals surface area contributed by atoms with Crippen LogP contribution >= 0.6 is 11.6 Å². The fraction of sp³-hybridized carbons (Fsp3) is 0.0588. The van der Waals surface area contributed by atoms with Gasteiger partial charge in [-0.1, -0.05) is 11.6 Å². The molecule has 0 fully saturated rings.